The van der Waals surface area contributed by atoms with Gasteiger partial charge >= 0.3 is 5.97 Å². The molecule has 0 aliphatic carbocycles. The second-order valence-corrected chi connectivity index (χ2v) is 5.27. The van der Waals surface area contributed by atoms with Gasteiger partial charge in [0.1, 0.15) is 0 Å². The lowest BCUT2D eigenvalue weighted by molar-refractivity contribution is -0.140. The first-order valence-corrected chi connectivity index (χ1v) is 7.02. The highest BCUT2D eigenvalue weighted by Crippen LogP contribution is 2.15. The summed E-state index contributed by atoms with van der Waals surface area (Å²) < 4.78 is 6.03. The fourth-order valence-corrected chi connectivity index (χ4v) is 2.03. The highest BCUT2D eigenvalue weighted by Gasteiger charge is 2.21. The van der Waals surface area contributed by atoms with Gasteiger partial charge in [0, 0.05) is 9.13 Å². The minimum Gasteiger partial charge on any atom is -0.480 e. The van der Waals surface area contributed by atoms with Gasteiger partial charge in [0.25, 0.3) is 5.91 Å². The number of ether oxygens (including phenoxy) is 1. The molecule has 0 saturated heterocycles. The molecule has 108 valence electrons. The molecule has 1 aromatic rings. The van der Waals surface area contributed by atoms with E-state index in [1.165, 1.54) is 6.08 Å². The predicted molar refractivity (Wildman–Crippen MR) is 83.8 cm³/mol. The van der Waals surface area contributed by atoms with Crippen LogP contribution in [0, 0.1) is 10.5 Å². The van der Waals surface area contributed by atoms with Gasteiger partial charge in [0.15, 0.2) is 6.04 Å². The molecule has 1 aromatic carbocycles. The quantitative estimate of drug-likeness (QED) is 0.425. The van der Waals surface area contributed by atoms with Crippen molar-refractivity contribution in [3.8, 4) is 0 Å². The maximum atomic E-state index is 12.1. The third-order valence-electron chi connectivity index (χ3n) is 2.64. The molecule has 1 amide bonds. The summed E-state index contributed by atoms with van der Waals surface area (Å²) in [6.45, 7) is 5.43. The fraction of sp³-hybridized carbons (Fsp3) is 0.286. The van der Waals surface area contributed by atoms with E-state index in [4.69, 9.17) is 9.84 Å². The molecule has 1 atom stereocenters. The summed E-state index contributed by atoms with van der Waals surface area (Å²) in [6, 6.07) is 4.22. The van der Waals surface area contributed by atoms with Crippen LogP contribution in [-0.4, -0.2) is 36.2 Å². The Balaban J connectivity index is 2.77. The second-order valence-electron chi connectivity index (χ2n) is 4.10. The van der Waals surface area contributed by atoms with Crippen LogP contribution >= 0.6 is 22.6 Å². The van der Waals surface area contributed by atoms with Gasteiger partial charge in [-0.3, -0.25) is 4.79 Å². The molecule has 2 N–H and O–H groups in total. The molecule has 20 heavy (non-hydrogen) atoms. The number of benzene rings is 1. The van der Waals surface area contributed by atoms with E-state index in [0.29, 0.717) is 5.56 Å². The van der Waals surface area contributed by atoms with Crippen LogP contribution in [0.5, 0.6) is 0 Å². The van der Waals surface area contributed by atoms with Gasteiger partial charge in [0.2, 0.25) is 0 Å². The third kappa shape index (κ3) is 4.61. The minimum absolute atomic E-state index is 0.101. The lowest BCUT2D eigenvalue weighted by atomic mass is 10.1. The Morgan fingerprint density at radius 3 is 2.85 bits per heavy atom. The van der Waals surface area contributed by atoms with Crippen LogP contribution in [0.2, 0.25) is 0 Å². The van der Waals surface area contributed by atoms with Crippen LogP contribution in [0.25, 0.3) is 0 Å². The summed E-state index contributed by atoms with van der Waals surface area (Å²) in [4.78, 5) is 23.2. The number of carboxylic acids is 1. The number of carbonyl (C=O) groups is 2. The van der Waals surface area contributed by atoms with E-state index >= 15 is 0 Å². The van der Waals surface area contributed by atoms with Crippen LogP contribution in [0.4, 0.5) is 0 Å². The van der Waals surface area contributed by atoms with E-state index in [1.54, 1.807) is 12.1 Å². The van der Waals surface area contributed by atoms with Crippen LogP contribution in [0.1, 0.15) is 15.9 Å². The van der Waals surface area contributed by atoms with Gasteiger partial charge < -0.3 is 15.2 Å². The highest BCUT2D eigenvalue weighted by atomic mass is 127. The maximum absolute atomic E-state index is 12.1. The Bertz CT molecular complexity index is 516. The Kier molecular flexibility index (Phi) is 6.66. The average molecular weight is 389 g/mol. The van der Waals surface area contributed by atoms with E-state index in [1.807, 2.05) is 13.0 Å². The van der Waals surface area contributed by atoms with Crippen molar-refractivity contribution in [2.75, 3.05) is 13.2 Å². The van der Waals surface area contributed by atoms with Crippen molar-refractivity contribution in [2.24, 2.45) is 0 Å². The Morgan fingerprint density at radius 2 is 2.25 bits per heavy atom. The lowest BCUT2D eigenvalue weighted by Gasteiger charge is -2.15. The summed E-state index contributed by atoms with van der Waals surface area (Å²) in [5.74, 6) is -1.55. The number of hydrogen-bond acceptors (Lipinski definition) is 3. The molecule has 0 aliphatic rings. The van der Waals surface area contributed by atoms with Gasteiger partial charge in [-0.1, -0.05) is 12.1 Å². The average Bonchev–Trinajstić information content (AvgIpc) is 2.40. The molecule has 5 nitrogen and oxygen atoms in total. The van der Waals surface area contributed by atoms with E-state index in [9.17, 15) is 9.59 Å². The molecule has 0 saturated carbocycles. The van der Waals surface area contributed by atoms with Crippen LogP contribution < -0.4 is 5.32 Å². The summed E-state index contributed by atoms with van der Waals surface area (Å²) in [5, 5.41) is 11.5. The van der Waals surface area contributed by atoms with Gasteiger partial charge in [-0.15, -0.1) is 6.58 Å². The molecule has 0 spiro atoms. The topological polar surface area (TPSA) is 75.6 Å². The van der Waals surface area contributed by atoms with Crippen molar-refractivity contribution < 1.29 is 19.4 Å². The Labute approximate surface area is 131 Å². The number of aliphatic carboxylic acids is 1. The Hall–Kier alpha value is -1.41. The third-order valence-corrected chi connectivity index (χ3v) is 3.80. The number of halogens is 1. The standard InChI is InChI=1S/C14H16INO4/c1-3-7-20-8-12(14(18)19)16-13(17)10-5-4-6-11(15)9(10)2/h3-6,12H,1,7-8H2,2H3,(H,16,17)(H,18,19). The monoisotopic (exact) mass is 389 g/mol. The van der Waals surface area contributed by atoms with Crippen LogP contribution in [-0.2, 0) is 9.53 Å². The maximum Gasteiger partial charge on any atom is 0.328 e. The zero-order valence-corrected chi connectivity index (χ0v) is 13.2. The van der Waals surface area contributed by atoms with Crippen molar-refractivity contribution in [2.45, 2.75) is 13.0 Å². The highest BCUT2D eigenvalue weighted by molar-refractivity contribution is 14.1. The van der Waals surface area contributed by atoms with Gasteiger partial charge in [-0.25, -0.2) is 4.79 Å². The molecule has 0 radical (unpaired) electrons. The predicted octanol–water partition coefficient (Wildman–Crippen LogP) is 1.99. The minimum atomic E-state index is -1.13. The molecular weight excluding hydrogens is 373 g/mol. The SMILES string of the molecule is C=CCOCC(NC(=O)c1cccc(I)c1C)C(=O)O. The lowest BCUT2D eigenvalue weighted by Crippen LogP contribution is -2.44. The number of amides is 1. The molecule has 1 rings (SSSR count). The smallest absolute Gasteiger partial charge is 0.328 e. The molecule has 0 bridgehead atoms. The summed E-state index contributed by atoms with van der Waals surface area (Å²) in [7, 11) is 0. The molecule has 0 aliphatic heterocycles. The van der Waals surface area contributed by atoms with E-state index in [2.05, 4.69) is 34.5 Å². The van der Waals surface area contributed by atoms with E-state index < -0.39 is 17.9 Å². The number of nitrogens with one attached hydrogen (secondary N) is 1. The molecule has 0 fully saturated rings. The molecule has 6 heteroatoms. The first-order valence-electron chi connectivity index (χ1n) is 5.94. The molecule has 1 unspecified atom stereocenters. The van der Waals surface area contributed by atoms with Crippen LogP contribution in [0.3, 0.4) is 0 Å². The van der Waals surface area contributed by atoms with Crippen molar-refractivity contribution >= 4 is 34.5 Å². The van der Waals surface area contributed by atoms with Gasteiger partial charge in [-0.05, 0) is 47.2 Å². The first-order chi connectivity index (χ1) is 9.47. The zero-order chi connectivity index (χ0) is 15.1. The van der Waals surface area contributed by atoms with Gasteiger partial charge in [-0.2, -0.15) is 0 Å². The number of rotatable bonds is 7. The fourth-order valence-electron chi connectivity index (χ4n) is 1.53. The molecular formula is C14H16INO4. The second kappa shape index (κ2) is 8.01. The summed E-state index contributed by atoms with van der Waals surface area (Å²) in [5.41, 5.74) is 1.29. The first kappa shape index (κ1) is 16.6. The van der Waals surface area contributed by atoms with Crippen molar-refractivity contribution in [3.63, 3.8) is 0 Å². The summed E-state index contributed by atoms with van der Waals surface area (Å²) >= 11 is 2.13. The summed E-state index contributed by atoms with van der Waals surface area (Å²) in [6.07, 6.45) is 1.52. The Morgan fingerprint density at radius 1 is 1.55 bits per heavy atom. The van der Waals surface area contributed by atoms with Crippen molar-refractivity contribution in [1.82, 2.24) is 5.32 Å². The molecule has 0 aromatic heterocycles. The van der Waals surface area contributed by atoms with Crippen LogP contribution in [0.15, 0.2) is 30.9 Å². The van der Waals surface area contributed by atoms with E-state index in [-0.39, 0.29) is 13.2 Å². The largest absolute Gasteiger partial charge is 0.480 e. The number of carbonyl (C=O) groups excluding carboxylic acids is 1. The van der Waals surface area contributed by atoms with E-state index in [0.717, 1.165) is 9.13 Å². The normalized spacial score (nSPS) is 11.7. The van der Waals surface area contributed by atoms with Crippen molar-refractivity contribution in [1.29, 1.82) is 0 Å². The van der Waals surface area contributed by atoms with Crippen molar-refractivity contribution in [3.05, 3.63) is 45.6 Å². The zero-order valence-electron chi connectivity index (χ0n) is 11.1. The molecule has 0 heterocycles. The van der Waals surface area contributed by atoms with Gasteiger partial charge in [0.05, 0.1) is 13.2 Å². The number of hydrogen-bond donors (Lipinski definition) is 2. The number of carboxylic acid groups (broad SMARTS) is 1.